The van der Waals surface area contributed by atoms with Crippen LogP contribution in [0, 0.1) is 11.8 Å². The lowest BCUT2D eigenvalue weighted by Crippen LogP contribution is -2.66. The van der Waals surface area contributed by atoms with Crippen molar-refractivity contribution in [3.05, 3.63) is 35.4 Å². The Morgan fingerprint density at radius 1 is 1.05 bits per heavy atom. The highest BCUT2D eigenvalue weighted by Gasteiger charge is 2.53. The average molecular weight is 526 g/mol. The Bertz CT molecular complexity index is 958. The zero-order valence-electron chi connectivity index (χ0n) is 24.4. The van der Waals surface area contributed by atoms with Crippen molar-refractivity contribution >= 4 is 18.9 Å². The second-order valence-electron chi connectivity index (χ2n) is 12.8. The maximum absolute atomic E-state index is 13.9. The zero-order valence-corrected chi connectivity index (χ0v) is 24.4. The Hall–Kier alpha value is -1.90. The van der Waals surface area contributed by atoms with Gasteiger partial charge < -0.3 is 19.9 Å². The number of hydrogen-bond donors (Lipinski definition) is 2. The molecule has 38 heavy (non-hydrogen) atoms. The Labute approximate surface area is 229 Å². The van der Waals surface area contributed by atoms with Crippen molar-refractivity contribution < 1.29 is 18.9 Å². The molecule has 3 aliphatic rings. The van der Waals surface area contributed by atoms with Crippen LogP contribution in [0.3, 0.4) is 0 Å². The molecule has 2 fully saturated rings. The molecule has 4 rings (SSSR count). The molecule has 210 valence electrons. The molecule has 3 atom stereocenters. The van der Waals surface area contributed by atoms with E-state index >= 15 is 0 Å². The number of carbonyl (C=O) groups excluding carboxylic acids is 2. The van der Waals surface area contributed by atoms with Gasteiger partial charge in [0, 0.05) is 39.0 Å². The summed E-state index contributed by atoms with van der Waals surface area (Å²) in [5, 5.41) is 6.40. The van der Waals surface area contributed by atoms with E-state index in [4.69, 9.17) is 9.31 Å². The molecule has 0 spiro atoms. The highest BCUT2D eigenvalue weighted by molar-refractivity contribution is 6.45. The molecule has 1 aliphatic carbocycles. The van der Waals surface area contributed by atoms with E-state index in [1.807, 2.05) is 0 Å². The first kappa shape index (κ1) is 29.1. The second kappa shape index (κ2) is 11.7. The molecular formula is C30H48BN3O4. The third-order valence-corrected chi connectivity index (χ3v) is 9.35. The molecule has 0 aromatic heterocycles. The summed E-state index contributed by atoms with van der Waals surface area (Å²) in [5.41, 5.74) is 1.12. The van der Waals surface area contributed by atoms with E-state index in [2.05, 4.69) is 74.4 Å². The molecule has 2 amide bonds. The number of nitrogens with one attached hydrogen (secondary N) is 2. The molecule has 0 unspecified atom stereocenters. The lowest BCUT2D eigenvalue weighted by atomic mass is 9.65. The molecule has 7 nitrogen and oxygen atoms in total. The van der Waals surface area contributed by atoms with Crippen molar-refractivity contribution in [3.63, 3.8) is 0 Å². The molecule has 1 saturated carbocycles. The summed E-state index contributed by atoms with van der Waals surface area (Å²) in [5.74, 6) is 0.195. The quantitative estimate of drug-likeness (QED) is 0.342. The molecule has 2 N–H and O–H groups in total. The maximum Gasteiger partial charge on any atom is 0.457 e. The van der Waals surface area contributed by atoms with Gasteiger partial charge in [-0.05, 0) is 76.7 Å². The SMILES string of the molecule is CCCCNC(=O)[C@@]1(NC(C)=O)C[C@H](CCB2OC(C)(C)C(C)(C)O2)CC[C@H]1CN1Cc2ccccc2C1. The fourth-order valence-corrected chi connectivity index (χ4v) is 6.54. The van der Waals surface area contributed by atoms with Gasteiger partial charge in [0.25, 0.3) is 0 Å². The number of nitrogens with zero attached hydrogens (tertiary/aromatic N) is 1. The summed E-state index contributed by atoms with van der Waals surface area (Å²) < 4.78 is 12.5. The molecule has 8 heteroatoms. The number of unbranched alkanes of at least 4 members (excludes halogenated alkanes) is 1. The minimum atomic E-state index is -0.910. The summed E-state index contributed by atoms with van der Waals surface area (Å²) >= 11 is 0. The van der Waals surface area contributed by atoms with Crippen molar-refractivity contribution in [2.24, 2.45) is 11.8 Å². The molecule has 1 aromatic rings. The summed E-state index contributed by atoms with van der Waals surface area (Å²) in [4.78, 5) is 28.9. The molecule has 0 radical (unpaired) electrons. The van der Waals surface area contributed by atoms with Gasteiger partial charge in [0.2, 0.25) is 11.8 Å². The fraction of sp³-hybridized carbons (Fsp3) is 0.733. The van der Waals surface area contributed by atoms with Crippen LogP contribution in [0.4, 0.5) is 0 Å². The summed E-state index contributed by atoms with van der Waals surface area (Å²) in [6.07, 6.45) is 6.23. The van der Waals surface area contributed by atoms with Crippen LogP contribution < -0.4 is 10.6 Å². The maximum atomic E-state index is 13.9. The van der Waals surface area contributed by atoms with Crippen LogP contribution >= 0.6 is 0 Å². The van der Waals surface area contributed by atoms with Gasteiger partial charge in [-0.2, -0.15) is 0 Å². The Morgan fingerprint density at radius 3 is 2.26 bits per heavy atom. The first-order chi connectivity index (χ1) is 18.0. The molecule has 2 heterocycles. The van der Waals surface area contributed by atoms with Gasteiger partial charge in [-0.25, -0.2) is 0 Å². The van der Waals surface area contributed by atoms with Crippen LogP contribution in [0.1, 0.15) is 91.2 Å². The summed E-state index contributed by atoms with van der Waals surface area (Å²) in [6, 6.07) is 8.58. The van der Waals surface area contributed by atoms with Gasteiger partial charge in [-0.15, -0.1) is 0 Å². The Morgan fingerprint density at radius 2 is 1.68 bits per heavy atom. The van der Waals surface area contributed by atoms with E-state index in [-0.39, 0.29) is 36.1 Å². The van der Waals surface area contributed by atoms with E-state index in [0.717, 1.165) is 58.1 Å². The minimum absolute atomic E-state index is 0.0248. The number of hydrogen-bond acceptors (Lipinski definition) is 5. The van der Waals surface area contributed by atoms with Crippen LogP contribution in [0.5, 0.6) is 0 Å². The van der Waals surface area contributed by atoms with E-state index in [1.54, 1.807) is 0 Å². The topological polar surface area (TPSA) is 79.9 Å². The molecule has 2 aliphatic heterocycles. The lowest BCUT2D eigenvalue weighted by molar-refractivity contribution is -0.138. The number of benzene rings is 1. The van der Waals surface area contributed by atoms with Crippen LogP contribution in [0.25, 0.3) is 0 Å². The van der Waals surface area contributed by atoms with Crippen molar-refractivity contribution in [2.45, 2.75) is 116 Å². The minimum Gasteiger partial charge on any atom is -0.403 e. The number of fused-ring (bicyclic) bond motifs is 1. The van der Waals surface area contributed by atoms with Gasteiger partial charge >= 0.3 is 7.12 Å². The second-order valence-corrected chi connectivity index (χ2v) is 12.8. The largest absolute Gasteiger partial charge is 0.457 e. The van der Waals surface area contributed by atoms with E-state index in [1.165, 1.54) is 18.1 Å². The van der Waals surface area contributed by atoms with Crippen molar-refractivity contribution in [1.82, 2.24) is 15.5 Å². The van der Waals surface area contributed by atoms with Gasteiger partial charge in [0.05, 0.1) is 11.2 Å². The van der Waals surface area contributed by atoms with Crippen molar-refractivity contribution in [1.29, 1.82) is 0 Å². The predicted octanol–water partition coefficient (Wildman–Crippen LogP) is 4.69. The number of amides is 2. The van der Waals surface area contributed by atoms with Crippen LogP contribution in [-0.2, 0) is 32.0 Å². The summed E-state index contributed by atoms with van der Waals surface area (Å²) in [6.45, 7) is 15.2. The van der Waals surface area contributed by atoms with E-state index < -0.39 is 5.54 Å². The lowest BCUT2D eigenvalue weighted by Gasteiger charge is -2.47. The average Bonchev–Trinajstić information content (AvgIpc) is 3.34. The molecule has 0 bridgehead atoms. The smallest absolute Gasteiger partial charge is 0.403 e. The van der Waals surface area contributed by atoms with Crippen molar-refractivity contribution in [3.8, 4) is 0 Å². The Balaban J connectivity index is 1.50. The normalized spacial score (nSPS) is 28.2. The van der Waals surface area contributed by atoms with Crippen LogP contribution in [0.15, 0.2) is 24.3 Å². The fourth-order valence-electron chi connectivity index (χ4n) is 6.54. The standard InChI is InChI=1S/C30H48BN3O4/c1-7-8-17-32-27(36)30(33-22(2)35)18-23(15-16-31-37-28(3,4)29(5,6)38-31)13-14-26(30)21-34-19-24-11-9-10-12-25(24)20-34/h9-12,23,26H,7-8,13-21H2,1-6H3,(H,32,36)(H,33,35)/t23-,26-,30+/m0/s1. The van der Waals surface area contributed by atoms with Gasteiger partial charge in [-0.1, -0.05) is 44.0 Å². The first-order valence-corrected chi connectivity index (χ1v) is 14.7. The zero-order chi connectivity index (χ0) is 27.6. The molecular weight excluding hydrogens is 477 g/mol. The number of carbonyl (C=O) groups is 2. The van der Waals surface area contributed by atoms with Crippen molar-refractivity contribution in [2.75, 3.05) is 13.1 Å². The molecule has 1 saturated heterocycles. The Kier molecular flexibility index (Phi) is 8.95. The van der Waals surface area contributed by atoms with Crippen LogP contribution in [0.2, 0.25) is 6.32 Å². The van der Waals surface area contributed by atoms with Gasteiger partial charge in [0.1, 0.15) is 5.54 Å². The van der Waals surface area contributed by atoms with Gasteiger partial charge in [-0.3, -0.25) is 14.5 Å². The highest BCUT2D eigenvalue weighted by Crippen LogP contribution is 2.43. The third kappa shape index (κ3) is 6.29. The van der Waals surface area contributed by atoms with E-state index in [9.17, 15) is 9.59 Å². The van der Waals surface area contributed by atoms with Crippen LogP contribution in [-0.4, -0.2) is 53.7 Å². The first-order valence-electron chi connectivity index (χ1n) is 14.7. The monoisotopic (exact) mass is 525 g/mol. The third-order valence-electron chi connectivity index (χ3n) is 9.35. The summed E-state index contributed by atoms with van der Waals surface area (Å²) in [7, 11) is -0.241. The van der Waals surface area contributed by atoms with Gasteiger partial charge in [0.15, 0.2) is 0 Å². The highest BCUT2D eigenvalue weighted by atomic mass is 16.7. The predicted molar refractivity (Wildman–Crippen MR) is 151 cm³/mol. The molecule has 1 aromatic carbocycles. The number of rotatable bonds is 10. The van der Waals surface area contributed by atoms with E-state index in [0.29, 0.717) is 18.9 Å².